The van der Waals surface area contributed by atoms with E-state index in [-0.39, 0.29) is 17.2 Å². The van der Waals surface area contributed by atoms with Crippen LogP contribution >= 0.6 is 15.9 Å². The molecule has 0 saturated carbocycles. The first kappa shape index (κ1) is 14.3. The van der Waals surface area contributed by atoms with Gasteiger partial charge in [-0.05, 0) is 40.2 Å². The van der Waals surface area contributed by atoms with Crippen molar-refractivity contribution in [1.82, 2.24) is 0 Å². The average molecular weight is 342 g/mol. The summed E-state index contributed by atoms with van der Waals surface area (Å²) >= 11 is 3.14. The van der Waals surface area contributed by atoms with Crippen molar-refractivity contribution in [2.24, 2.45) is 0 Å². The molecule has 0 saturated heterocycles. The molecule has 0 amide bonds. The molecule has 2 rings (SSSR count). The van der Waals surface area contributed by atoms with Crippen LogP contribution in [0.15, 0.2) is 40.9 Å². The van der Waals surface area contributed by atoms with Gasteiger partial charge in [0, 0.05) is 12.1 Å². The minimum atomic E-state index is -0.563. The van der Waals surface area contributed by atoms with E-state index in [2.05, 4.69) is 15.9 Å². The Morgan fingerprint density at radius 3 is 2.55 bits per heavy atom. The molecule has 20 heavy (non-hydrogen) atoms. The number of hydrogen-bond donors (Lipinski definition) is 0. The van der Waals surface area contributed by atoms with E-state index < -0.39 is 10.7 Å². The summed E-state index contributed by atoms with van der Waals surface area (Å²) in [6.45, 7) is 0. The summed E-state index contributed by atoms with van der Waals surface area (Å²) in [6.07, 6.45) is 0. The second-order valence-corrected chi connectivity index (χ2v) is 4.62. The van der Waals surface area contributed by atoms with Crippen LogP contribution in [0.1, 0.15) is 0 Å². The Morgan fingerprint density at radius 1 is 1.20 bits per heavy atom. The fraction of sp³-hybridized carbons (Fsp3) is 0.0769. The summed E-state index contributed by atoms with van der Waals surface area (Å²) in [4.78, 5) is 10.4. The molecule has 0 spiro atoms. The van der Waals surface area contributed by atoms with Gasteiger partial charge in [0.15, 0.2) is 0 Å². The van der Waals surface area contributed by atoms with Crippen molar-refractivity contribution in [2.75, 3.05) is 7.11 Å². The number of ether oxygens (including phenoxy) is 2. The van der Waals surface area contributed by atoms with Crippen molar-refractivity contribution < 1.29 is 18.8 Å². The van der Waals surface area contributed by atoms with Gasteiger partial charge in [0.25, 0.3) is 0 Å². The highest BCUT2D eigenvalue weighted by atomic mass is 79.9. The first-order valence-electron chi connectivity index (χ1n) is 5.46. The molecule has 0 aliphatic carbocycles. The minimum Gasteiger partial charge on any atom is -0.497 e. The molecule has 104 valence electrons. The molecule has 0 bridgehead atoms. The molecule has 0 unspecified atom stereocenters. The van der Waals surface area contributed by atoms with Crippen LogP contribution < -0.4 is 9.47 Å². The van der Waals surface area contributed by atoms with E-state index >= 15 is 0 Å². The summed E-state index contributed by atoms with van der Waals surface area (Å²) in [5, 5.41) is 11.0. The summed E-state index contributed by atoms with van der Waals surface area (Å²) in [7, 11) is 1.44. The quantitative estimate of drug-likeness (QED) is 0.614. The molecule has 0 aliphatic heterocycles. The number of methoxy groups -OCH3 is 1. The van der Waals surface area contributed by atoms with Gasteiger partial charge >= 0.3 is 5.69 Å². The maximum absolute atomic E-state index is 13.0. The van der Waals surface area contributed by atoms with Gasteiger partial charge in [0.1, 0.15) is 17.3 Å². The number of nitrogens with zero attached hydrogens (tertiary/aromatic N) is 1. The molecule has 0 fully saturated rings. The van der Waals surface area contributed by atoms with Crippen molar-refractivity contribution in [3.63, 3.8) is 0 Å². The Bertz CT molecular complexity index is 663. The molecule has 2 aromatic carbocycles. The number of nitro benzene ring substituents is 1. The lowest BCUT2D eigenvalue weighted by atomic mass is 10.2. The monoisotopic (exact) mass is 341 g/mol. The van der Waals surface area contributed by atoms with Gasteiger partial charge in [0.2, 0.25) is 5.75 Å². The summed E-state index contributed by atoms with van der Waals surface area (Å²) in [5.41, 5.74) is -0.206. The minimum absolute atomic E-state index is 0.0154. The van der Waals surface area contributed by atoms with Crippen molar-refractivity contribution in [3.05, 3.63) is 56.8 Å². The molecular weight excluding hydrogens is 333 g/mol. The molecule has 0 atom stereocenters. The third-order valence-electron chi connectivity index (χ3n) is 2.48. The van der Waals surface area contributed by atoms with Gasteiger partial charge in [-0.2, -0.15) is 0 Å². The van der Waals surface area contributed by atoms with E-state index in [1.54, 1.807) is 0 Å². The second-order valence-electron chi connectivity index (χ2n) is 3.77. The second kappa shape index (κ2) is 5.87. The Labute approximate surface area is 122 Å². The molecule has 7 heteroatoms. The van der Waals surface area contributed by atoms with Crippen LogP contribution in [0.25, 0.3) is 0 Å². The molecule has 0 radical (unpaired) electrons. The predicted octanol–water partition coefficient (Wildman–Crippen LogP) is 4.30. The lowest BCUT2D eigenvalue weighted by Gasteiger charge is -2.09. The fourth-order valence-electron chi connectivity index (χ4n) is 1.53. The average Bonchev–Trinajstić information content (AvgIpc) is 2.41. The Hall–Kier alpha value is -2.15. The van der Waals surface area contributed by atoms with E-state index in [0.717, 1.165) is 0 Å². The highest BCUT2D eigenvalue weighted by Crippen LogP contribution is 2.37. The highest BCUT2D eigenvalue weighted by Gasteiger charge is 2.18. The first-order valence-corrected chi connectivity index (χ1v) is 6.26. The summed E-state index contributed by atoms with van der Waals surface area (Å²) in [5.74, 6) is 0.262. The zero-order chi connectivity index (χ0) is 14.7. The van der Waals surface area contributed by atoms with Crippen LogP contribution in [0.2, 0.25) is 0 Å². The van der Waals surface area contributed by atoms with Crippen molar-refractivity contribution in [1.29, 1.82) is 0 Å². The lowest BCUT2D eigenvalue weighted by molar-refractivity contribution is -0.385. The van der Waals surface area contributed by atoms with E-state index in [4.69, 9.17) is 9.47 Å². The van der Waals surface area contributed by atoms with Crippen molar-refractivity contribution >= 4 is 21.6 Å². The number of hydrogen-bond acceptors (Lipinski definition) is 4. The molecule has 2 aromatic rings. The van der Waals surface area contributed by atoms with Crippen LogP contribution in [0.4, 0.5) is 10.1 Å². The smallest absolute Gasteiger partial charge is 0.311 e. The van der Waals surface area contributed by atoms with Gasteiger partial charge in [-0.15, -0.1) is 0 Å². The van der Waals surface area contributed by atoms with E-state index in [1.807, 2.05) is 0 Å². The normalized spacial score (nSPS) is 10.2. The molecule has 5 nitrogen and oxygen atoms in total. The molecule has 0 heterocycles. The Morgan fingerprint density at radius 2 is 1.95 bits per heavy atom. The van der Waals surface area contributed by atoms with Crippen molar-refractivity contribution in [2.45, 2.75) is 0 Å². The largest absolute Gasteiger partial charge is 0.497 e. The van der Waals surface area contributed by atoms with Gasteiger partial charge in [-0.25, -0.2) is 4.39 Å². The zero-order valence-corrected chi connectivity index (χ0v) is 11.9. The van der Waals surface area contributed by atoms with E-state index in [9.17, 15) is 14.5 Å². The summed E-state index contributed by atoms with van der Waals surface area (Å²) in [6, 6.07) is 7.93. The third-order valence-corrected chi connectivity index (χ3v) is 3.10. The van der Waals surface area contributed by atoms with E-state index in [1.165, 1.54) is 43.5 Å². The number of benzene rings is 2. The van der Waals surface area contributed by atoms with Crippen LogP contribution in [0, 0.1) is 15.9 Å². The van der Waals surface area contributed by atoms with E-state index in [0.29, 0.717) is 10.2 Å². The van der Waals surface area contributed by atoms with Crippen LogP contribution in [-0.4, -0.2) is 12.0 Å². The Kier molecular flexibility index (Phi) is 4.19. The lowest BCUT2D eigenvalue weighted by Crippen LogP contribution is -1.95. The van der Waals surface area contributed by atoms with Gasteiger partial charge in [-0.1, -0.05) is 0 Å². The first-order chi connectivity index (χ1) is 9.51. The summed E-state index contributed by atoms with van der Waals surface area (Å²) < 4.78 is 23.8. The van der Waals surface area contributed by atoms with Gasteiger partial charge in [-0.3, -0.25) is 10.1 Å². The number of halogens is 2. The van der Waals surface area contributed by atoms with Gasteiger partial charge < -0.3 is 9.47 Å². The zero-order valence-electron chi connectivity index (χ0n) is 10.3. The van der Waals surface area contributed by atoms with Crippen LogP contribution in [-0.2, 0) is 0 Å². The molecular formula is C13H9BrFNO4. The third kappa shape index (κ3) is 3.05. The Balaban J connectivity index is 2.43. The van der Waals surface area contributed by atoms with Crippen LogP contribution in [0.3, 0.4) is 0 Å². The standard InChI is InChI=1S/C13H9BrFNO4/c1-19-9-3-4-11(16(17)18)13(7-9)20-12-5-2-8(15)6-10(12)14/h2-7H,1H3. The maximum atomic E-state index is 13.0. The SMILES string of the molecule is COc1ccc([N+](=O)[O-])c(Oc2ccc(F)cc2Br)c1. The fourth-order valence-corrected chi connectivity index (χ4v) is 1.96. The van der Waals surface area contributed by atoms with Crippen molar-refractivity contribution in [3.8, 4) is 17.2 Å². The predicted molar refractivity (Wildman–Crippen MR) is 73.8 cm³/mol. The topological polar surface area (TPSA) is 61.6 Å². The molecule has 0 aromatic heterocycles. The molecule has 0 aliphatic rings. The molecule has 0 N–H and O–H groups in total. The number of nitro groups is 1. The van der Waals surface area contributed by atoms with Crippen LogP contribution in [0.5, 0.6) is 17.2 Å². The highest BCUT2D eigenvalue weighted by molar-refractivity contribution is 9.10. The van der Waals surface area contributed by atoms with Gasteiger partial charge in [0.05, 0.1) is 16.5 Å². The number of rotatable bonds is 4. The maximum Gasteiger partial charge on any atom is 0.311 e.